The molecule has 0 unspecified atom stereocenters. The number of para-hydroxylation sites is 1. The number of nitrogens with zero attached hydrogens (tertiary/aromatic N) is 5. The molecule has 0 saturated carbocycles. The van der Waals surface area contributed by atoms with Crippen molar-refractivity contribution in [3.63, 3.8) is 0 Å². The number of carbonyl (C=O) groups excluding carboxylic acids is 1. The zero-order chi connectivity index (χ0) is 18.1. The van der Waals surface area contributed by atoms with Gasteiger partial charge in [0, 0.05) is 26.4 Å². The second-order valence-electron chi connectivity index (χ2n) is 6.45. The van der Waals surface area contributed by atoms with Crippen LogP contribution in [0.15, 0.2) is 42.9 Å². The number of amides is 1. The van der Waals surface area contributed by atoms with Gasteiger partial charge in [-0.3, -0.25) is 4.79 Å². The Morgan fingerprint density at radius 3 is 2.85 bits per heavy atom. The summed E-state index contributed by atoms with van der Waals surface area (Å²) in [7, 11) is 1.65. The number of hydrogen-bond acceptors (Lipinski definition) is 5. The standard InChI is InChI=1S/C18H20N6O2/c1-12-5-3-4-6-16(12)24-9-13(7-20-24)18(25)23-10-14(17(11-23)26-2)15-8-19-22-21-15/h3-9,14,17H,10-11H2,1-2H3,(H,19,21,22)/t14-,17+/m0/s1. The van der Waals surface area contributed by atoms with Gasteiger partial charge in [-0.1, -0.05) is 18.2 Å². The third-order valence-electron chi connectivity index (χ3n) is 4.86. The summed E-state index contributed by atoms with van der Waals surface area (Å²) in [5, 5.41) is 15.0. The smallest absolute Gasteiger partial charge is 0.257 e. The van der Waals surface area contributed by atoms with Crippen LogP contribution in [0.4, 0.5) is 0 Å². The summed E-state index contributed by atoms with van der Waals surface area (Å²) < 4.78 is 7.30. The van der Waals surface area contributed by atoms with Crippen molar-refractivity contribution in [2.75, 3.05) is 20.2 Å². The van der Waals surface area contributed by atoms with Gasteiger partial charge in [0.25, 0.3) is 5.91 Å². The lowest BCUT2D eigenvalue weighted by atomic mass is 10.0. The van der Waals surface area contributed by atoms with Crippen LogP contribution in [0.25, 0.3) is 5.69 Å². The quantitative estimate of drug-likeness (QED) is 0.770. The molecule has 1 saturated heterocycles. The molecule has 8 nitrogen and oxygen atoms in total. The molecule has 0 bridgehead atoms. The Bertz CT molecular complexity index is 904. The van der Waals surface area contributed by atoms with Crippen LogP contribution in [-0.4, -0.2) is 62.3 Å². The Balaban J connectivity index is 1.54. The van der Waals surface area contributed by atoms with Crippen molar-refractivity contribution < 1.29 is 9.53 Å². The number of aromatic nitrogens is 5. The van der Waals surface area contributed by atoms with Gasteiger partial charge in [-0.25, -0.2) is 4.68 Å². The Labute approximate surface area is 150 Å². The molecule has 0 spiro atoms. The fraction of sp³-hybridized carbons (Fsp3) is 0.333. The van der Waals surface area contributed by atoms with Crippen molar-refractivity contribution in [2.24, 2.45) is 0 Å². The lowest BCUT2D eigenvalue weighted by molar-refractivity contribution is 0.0714. The zero-order valence-electron chi connectivity index (χ0n) is 14.7. The van der Waals surface area contributed by atoms with E-state index < -0.39 is 0 Å². The van der Waals surface area contributed by atoms with Crippen LogP contribution in [0.1, 0.15) is 27.5 Å². The highest BCUT2D eigenvalue weighted by Crippen LogP contribution is 2.29. The summed E-state index contributed by atoms with van der Waals surface area (Å²) in [5.41, 5.74) is 3.43. The van der Waals surface area contributed by atoms with Gasteiger partial charge in [0.2, 0.25) is 0 Å². The van der Waals surface area contributed by atoms with E-state index in [1.54, 1.807) is 35.3 Å². The topological polar surface area (TPSA) is 88.9 Å². The Morgan fingerprint density at radius 1 is 1.27 bits per heavy atom. The van der Waals surface area contributed by atoms with Crippen LogP contribution in [0.5, 0.6) is 0 Å². The second-order valence-corrected chi connectivity index (χ2v) is 6.45. The summed E-state index contributed by atoms with van der Waals surface area (Å²) in [6.07, 6.45) is 4.96. The van der Waals surface area contributed by atoms with Crippen molar-refractivity contribution in [1.29, 1.82) is 0 Å². The number of carbonyl (C=O) groups is 1. The van der Waals surface area contributed by atoms with E-state index in [0.29, 0.717) is 18.7 Å². The number of rotatable bonds is 4. The van der Waals surface area contributed by atoms with E-state index in [2.05, 4.69) is 20.5 Å². The van der Waals surface area contributed by atoms with E-state index in [1.807, 2.05) is 31.2 Å². The number of H-pyrrole nitrogens is 1. The molecule has 1 aromatic carbocycles. The zero-order valence-corrected chi connectivity index (χ0v) is 14.7. The Morgan fingerprint density at radius 2 is 2.12 bits per heavy atom. The van der Waals surface area contributed by atoms with Gasteiger partial charge in [0.05, 0.1) is 41.4 Å². The average Bonchev–Trinajstić information content (AvgIpc) is 3.40. The minimum absolute atomic E-state index is 0.00844. The first-order chi connectivity index (χ1) is 12.7. The highest BCUT2D eigenvalue weighted by Gasteiger charge is 2.38. The maximum atomic E-state index is 12.9. The SMILES string of the molecule is CO[C@@H]1CN(C(=O)c2cnn(-c3ccccc3C)c2)C[C@H]1c1cn[nH]n1. The number of hydrogen-bond donors (Lipinski definition) is 1. The molecule has 3 aromatic rings. The summed E-state index contributed by atoms with van der Waals surface area (Å²) in [6, 6.07) is 7.93. The molecule has 1 aliphatic heterocycles. The van der Waals surface area contributed by atoms with Gasteiger partial charge < -0.3 is 9.64 Å². The molecule has 1 aliphatic rings. The fourth-order valence-corrected chi connectivity index (χ4v) is 3.42. The second kappa shape index (κ2) is 6.72. The number of nitrogens with one attached hydrogen (secondary N) is 1. The van der Waals surface area contributed by atoms with Crippen LogP contribution in [0.2, 0.25) is 0 Å². The maximum absolute atomic E-state index is 12.9. The van der Waals surface area contributed by atoms with Crippen LogP contribution in [0, 0.1) is 6.92 Å². The van der Waals surface area contributed by atoms with Crippen LogP contribution in [-0.2, 0) is 4.74 Å². The molecule has 1 amide bonds. The van der Waals surface area contributed by atoms with Crippen molar-refractivity contribution in [3.05, 3.63) is 59.7 Å². The number of aromatic amines is 1. The minimum atomic E-state index is -0.101. The number of ether oxygens (including phenoxy) is 1. The largest absolute Gasteiger partial charge is 0.379 e. The molecule has 1 fully saturated rings. The van der Waals surface area contributed by atoms with Gasteiger partial charge in [-0.05, 0) is 18.6 Å². The third kappa shape index (κ3) is 2.88. The van der Waals surface area contributed by atoms with Crippen molar-refractivity contribution in [2.45, 2.75) is 18.9 Å². The van der Waals surface area contributed by atoms with Crippen molar-refractivity contribution in [3.8, 4) is 5.69 Å². The molecule has 26 heavy (non-hydrogen) atoms. The maximum Gasteiger partial charge on any atom is 0.257 e. The first-order valence-corrected chi connectivity index (χ1v) is 8.46. The summed E-state index contributed by atoms with van der Waals surface area (Å²) in [5.74, 6) is -0.0491. The van der Waals surface area contributed by atoms with Gasteiger partial charge in [-0.2, -0.15) is 20.5 Å². The number of aryl methyl sites for hydroxylation is 1. The minimum Gasteiger partial charge on any atom is -0.379 e. The summed E-state index contributed by atoms with van der Waals surface area (Å²) in [6.45, 7) is 3.08. The number of likely N-dealkylation sites (tertiary alicyclic amines) is 1. The molecule has 3 heterocycles. The summed E-state index contributed by atoms with van der Waals surface area (Å²) >= 11 is 0. The first kappa shape index (κ1) is 16.5. The van der Waals surface area contributed by atoms with E-state index >= 15 is 0 Å². The molecule has 1 N–H and O–H groups in total. The summed E-state index contributed by atoms with van der Waals surface area (Å²) in [4.78, 5) is 14.7. The monoisotopic (exact) mass is 352 g/mol. The van der Waals surface area contributed by atoms with Gasteiger partial charge in [-0.15, -0.1) is 0 Å². The van der Waals surface area contributed by atoms with Crippen LogP contribution >= 0.6 is 0 Å². The molecular weight excluding hydrogens is 332 g/mol. The van der Waals surface area contributed by atoms with Gasteiger partial charge in [0.15, 0.2) is 0 Å². The van der Waals surface area contributed by atoms with Crippen molar-refractivity contribution in [1.82, 2.24) is 30.1 Å². The molecule has 2 aromatic heterocycles. The highest BCUT2D eigenvalue weighted by atomic mass is 16.5. The Kier molecular flexibility index (Phi) is 4.26. The first-order valence-electron chi connectivity index (χ1n) is 8.46. The fourth-order valence-electron chi connectivity index (χ4n) is 3.42. The lowest BCUT2D eigenvalue weighted by Crippen LogP contribution is -2.29. The lowest BCUT2D eigenvalue weighted by Gasteiger charge is -2.14. The predicted octanol–water partition coefficient (Wildman–Crippen LogP) is 1.55. The van der Waals surface area contributed by atoms with Crippen LogP contribution < -0.4 is 0 Å². The van der Waals surface area contributed by atoms with E-state index in [-0.39, 0.29) is 17.9 Å². The van der Waals surface area contributed by atoms with Gasteiger partial charge >= 0.3 is 0 Å². The van der Waals surface area contributed by atoms with E-state index in [0.717, 1.165) is 16.9 Å². The predicted molar refractivity (Wildman–Crippen MR) is 94.1 cm³/mol. The number of methoxy groups -OCH3 is 1. The molecule has 4 rings (SSSR count). The van der Waals surface area contributed by atoms with E-state index in [4.69, 9.17) is 4.74 Å². The molecule has 134 valence electrons. The van der Waals surface area contributed by atoms with Gasteiger partial charge in [0.1, 0.15) is 0 Å². The van der Waals surface area contributed by atoms with E-state index in [9.17, 15) is 4.79 Å². The average molecular weight is 352 g/mol. The van der Waals surface area contributed by atoms with Crippen LogP contribution in [0.3, 0.4) is 0 Å². The molecular formula is C18H20N6O2. The molecule has 8 heteroatoms. The van der Waals surface area contributed by atoms with Crippen molar-refractivity contribution >= 4 is 5.91 Å². The Hall–Kier alpha value is -3.00. The molecule has 0 radical (unpaired) electrons. The normalized spacial score (nSPS) is 19.8. The number of benzene rings is 1. The molecule has 2 atom stereocenters. The molecule has 0 aliphatic carbocycles. The highest BCUT2D eigenvalue weighted by molar-refractivity contribution is 5.94. The third-order valence-corrected chi connectivity index (χ3v) is 4.86. The van der Waals surface area contributed by atoms with E-state index in [1.165, 1.54) is 0 Å².